The van der Waals surface area contributed by atoms with Crippen LogP contribution in [0.15, 0.2) is 35.7 Å². The van der Waals surface area contributed by atoms with E-state index in [-0.39, 0.29) is 19.2 Å². The van der Waals surface area contributed by atoms with Crippen LogP contribution in [0.4, 0.5) is 19.0 Å². The minimum Gasteiger partial charge on any atom is -0.480 e. The molecule has 1 unspecified atom stereocenters. The molecule has 1 atom stereocenters. The second kappa shape index (κ2) is 15.9. The van der Waals surface area contributed by atoms with E-state index in [4.69, 9.17) is 21.2 Å². The van der Waals surface area contributed by atoms with E-state index in [1.165, 1.54) is 5.56 Å². The highest BCUT2D eigenvalue weighted by Crippen LogP contribution is 2.30. The van der Waals surface area contributed by atoms with Crippen LogP contribution < -0.4 is 22.1 Å². The summed E-state index contributed by atoms with van der Waals surface area (Å²) in [6, 6.07) is 2.74. The highest BCUT2D eigenvalue weighted by molar-refractivity contribution is 5.99. The second-order valence-electron chi connectivity index (χ2n) is 9.15. The largest absolute Gasteiger partial charge is 0.480 e. The van der Waals surface area contributed by atoms with E-state index in [1.807, 2.05) is 17.9 Å². The van der Waals surface area contributed by atoms with Gasteiger partial charge in [0.05, 0.1) is 17.8 Å². The fourth-order valence-corrected chi connectivity index (χ4v) is 4.25. The van der Waals surface area contributed by atoms with Gasteiger partial charge in [-0.2, -0.15) is 13.2 Å². The first-order chi connectivity index (χ1) is 18.6. The van der Waals surface area contributed by atoms with Crippen molar-refractivity contribution >= 4 is 17.7 Å². The number of halogens is 3. The third kappa shape index (κ3) is 10.4. The summed E-state index contributed by atoms with van der Waals surface area (Å²) in [6.07, 6.45) is 0.328. The molecular formula is C26H39F3N6O4. The fourth-order valence-electron chi connectivity index (χ4n) is 4.25. The molecule has 1 aliphatic rings. The van der Waals surface area contributed by atoms with Gasteiger partial charge in [-0.25, -0.2) is 9.78 Å². The fraction of sp³-hybridized carbons (Fsp3) is 0.577. The zero-order chi connectivity index (χ0) is 28.8. The normalized spacial score (nSPS) is 15.0. The molecule has 1 amide bonds. The van der Waals surface area contributed by atoms with Crippen molar-refractivity contribution in [2.45, 2.75) is 57.7 Å². The maximum absolute atomic E-state index is 13.2. The van der Waals surface area contributed by atoms with Crippen molar-refractivity contribution in [2.24, 2.45) is 11.5 Å². The second-order valence-corrected chi connectivity index (χ2v) is 9.15. The Labute approximate surface area is 226 Å². The molecule has 7 N–H and O–H groups in total. The van der Waals surface area contributed by atoms with Crippen LogP contribution in [0.2, 0.25) is 0 Å². The van der Waals surface area contributed by atoms with E-state index in [0.717, 1.165) is 50.2 Å². The number of aryl methyl sites for hydroxylation is 2. The lowest BCUT2D eigenvalue weighted by atomic mass is 10.1. The van der Waals surface area contributed by atoms with E-state index in [9.17, 15) is 27.9 Å². The Hall–Kier alpha value is -3.32. The lowest BCUT2D eigenvalue weighted by molar-refractivity contribution is -0.141. The molecule has 0 fully saturated rings. The van der Waals surface area contributed by atoms with Crippen LogP contribution in [-0.4, -0.2) is 78.5 Å². The van der Waals surface area contributed by atoms with E-state index in [1.54, 1.807) is 0 Å². The Morgan fingerprint density at radius 1 is 1.23 bits per heavy atom. The molecule has 10 nitrogen and oxygen atoms in total. The number of fused-ring (bicyclic) bond motifs is 1. The molecule has 2 rings (SSSR count). The number of amides is 1. The van der Waals surface area contributed by atoms with E-state index in [0.29, 0.717) is 32.5 Å². The minimum atomic E-state index is -4.93. The molecule has 0 spiro atoms. The van der Waals surface area contributed by atoms with Gasteiger partial charge in [-0.1, -0.05) is 6.07 Å². The van der Waals surface area contributed by atoms with Crippen LogP contribution in [0.25, 0.3) is 0 Å². The van der Waals surface area contributed by atoms with Crippen molar-refractivity contribution in [3.63, 3.8) is 0 Å². The number of carbonyl (C=O) groups is 2. The molecule has 0 aromatic carbocycles. The zero-order valence-electron chi connectivity index (χ0n) is 22.2. The third-order valence-corrected chi connectivity index (χ3v) is 6.38. The van der Waals surface area contributed by atoms with Crippen molar-refractivity contribution in [2.75, 3.05) is 44.7 Å². The quantitative estimate of drug-likeness (QED) is 0.117. The van der Waals surface area contributed by atoms with Crippen LogP contribution in [0.5, 0.6) is 0 Å². The number of hydrogen-bond donors (Lipinski definition) is 5. The number of nitrogens with two attached hydrogens (primary N) is 2. The number of pyridine rings is 1. The van der Waals surface area contributed by atoms with E-state index >= 15 is 0 Å². The molecule has 1 aromatic heterocycles. The average Bonchev–Trinajstić information content (AvgIpc) is 2.90. The number of aliphatic carboxylic acids is 1. The molecule has 0 bridgehead atoms. The predicted octanol–water partition coefficient (Wildman–Crippen LogP) is 2.31. The highest BCUT2D eigenvalue weighted by Gasteiger charge is 2.39. The van der Waals surface area contributed by atoms with Gasteiger partial charge < -0.3 is 36.8 Å². The molecule has 13 heteroatoms. The van der Waals surface area contributed by atoms with Gasteiger partial charge in [-0.3, -0.25) is 4.79 Å². The standard InChI is InChI=1S/C26H39F3N6O4/c1-2-39-15-14-35(12-4-3-7-19-9-8-18-6-5-11-32-23(18)33-19)13-10-22(25(37)38)34-24(36)20(16-30)21(17-31)26(27,28)29/h8-9,16-17,22H,2-7,10-15,30-31H2,1H3,(H,32,33)(H,34,36)(H,37,38)/b20-16+,21-17+. The molecule has 1 aliphatic heterocycles. The highest BCUT2D eigenvalue weighted by atomic mass is 19.4. The Kier molecular flexibility index (Phi) is 13.0. The zero-order valence-corrected chi connectivity index (χ0v) is 22.2. The summed E-state index contributed by atoms with van der Waals surface area (Å²) >= 11 is 0. The lowest BCUT2D eigenvalue weighted by Gasteiger charge is -2.25. The number of carbonyl (C=O) groups excluding carboxylic acids is 1. The lowest BCUT2D eigenvalue weighted by Crippen LogP contribution is -2.45. The number of hydrogen-bond acceptors (Lipinski definition) is 8. The third-order valence-electron chi connectivity index (χ3n) is 6.38. The van der Waals surface area contributed by atoms with Gasteiger partial charge in [0, 0.05) is 44.3 Å². The maximum atomic E-state index is 13.2. The topological polar surface area (TPSA) is 156 Å². The van der Waals surface area contributed by atoms with E-state index in [2.05, 4.69) is 16.7 Å². The van der Waals surface area contributed by atoms with E-state index < -0.39 is 35.2 Å². The van der Waals surface area contributed by atoms with Crippen LogP contribution in [-0.2, 0) is 27.2 Å². The molecule has 0 radical (unpaired) electrons. The number of carboxylic acid groups (broad SMARTS) is 1. The Morgan fingerprint density at radius 2 is 2.00 bits per heavy atom. The van der Waals surface area contributed by atoms with Crippen LogP contribution in [0.1, 0.15) is 43.9 Å². The van der Waals surface area contributed by atoms with Crippen molar-refractivity contribution in [1.29, 1.82) is 0 Å². The summed E-state index contributed by atoms with van der Waals surface area (Å²) in [4.78, 5) is 31.0. The molecule has 2 heterocycles. The monoisotopic (exact) mass is 556 g/mol. The van der Waals surface area contributed by atoms with Gasteiger partial charge >= 0.3 is 12.1 Å². The summed E-state index contributed by atoms with van der Waals surface area (Å²) in [5.74, 6) is -1.69. The number of aromatic nitrogens is 1. The summed E-state index contributed by atoms with van der Waals surface area (Å²) in [5, 5.41) is 15.1. The molecular weight excluding hydrogens is 517 g/mol. The summed E-state index contributed by atoms with van der Waals surface area (Å²) in [6.45, 7) is 5.24. The number of alkyl halides is 3. The van der Waals surface area contributed by atoms with Crippen LogP contribution in [0.3, 0.4) is 0 Å². The Bertz CT molecular complexity index is 1020. The van der Waals surface area contributed by atoms with Gasteiger partial charge in [0.1, 0.15) is 11.9 Å². The minimum absolute atomic E-state index is 0.0310. The SMILES string of the molecule is CCOCCN(CCCCc1ccc2c(n1)NCCC2)CCC(NC(=O)C(=C/N)/C(=C\N)C(F)(F)F)C(=O)O. The van der Waals surface area contributed by atoms with Gasteiger partial charge in [0.2, 0.25) is 0 Å². The van der Waals surface area contributed by atoms with Crippen LogP contribution in [0, 0.1) is 0 Å². The average molecular weight is 557 g/mol. The van der Waals surface area contributed by atoms with Gasteiger partial charge in [0.25, 0.3) is 5.91 Å². The Morgan fingerprint density at radius 3 is 2.64 bits per heavy atom. The smallest absolute Gasteiger partial charge is 0.418 e. The van der Waals surface area contributed by atoms with Crippen molar-refractivity contribution in [3.05, 3.63) is 46.9 Å². The molecule has 0 saturated carbocycles. The van der Waals surface area contributed by atoms with Crippen molar-refractivity contribution in [1.82, 2.24) is 15.2 Å². The summed E-state index contributed by atoms with van der Waals surface area (Å²) in [7, 11) is 0. The first kappa shape index (κ1) is 31.9. The number of unbranched alkanes of at least 4 members (excludes halogenated alkanes) is 1. The van der Waals surface area contributed by atoms with Crippen LogP contribution >= 0.6 is 0 Å². The molecule has 218 valence electrons. The number of anilines is 1. The summed E-state index contributed by atoms with van der Waals surface area (Å²) < 4.78 is 45.0. The predicted molar refractivity (Wildman–Crippen MR) is 142 cm³/mol. The van der Waals surface area contributed by atoms with Crippen molar-refractivity contribution in [3.8, 4) is 0 Å². The number of nitrogens with zero attached hydrogens (tertiary/aromatic N) is 2. The van der Waals surface area contributed by atoms with Gasteiger partial charge in [0.15, 0.2) is 0 Å². The first-order valence-electron chi connectivity index (χ1n) is 13.1. The molecule has 0 saturated heterocycles. The number of ether oxygens (including phenoxy) is 1. The van der Waals surface area contributed by atoms with Gasteiger partial charge in [-0.15, -0.1) is 0 Å². The number of nitrogens with one attached hydrogen (secondary N) is 2. The molecule has 0 aliphatic carbocycles. The number of carboxylic acids is 1. The number of rotatable bonds is 16. The van der Waals surface area contributed by atoms with Crippen molar-refractivity contribution < 1.29 is 32.6 Å². The molecule has 39 heavy (non-hydrogen) atoms. The maximum Gasteiger partial charge on any atom is 0.418 e. The Balaban J connectivity index is 1.94. The molecule has 1 aromatic rings. The van der Waals surface area contributed by atoms with Gasteiger partial charge in [-0.05, 0) is 63.6 Å². The first-order valence-corrected chi connectivity index (χ1v) is 13.1. The summed E-state index contributed by atoms with van der Waals surface area (Å²) in [5.41, 5.74) is 10.1.